The van der Waals surface area contributed by atoms with E-state index in [1.807, 2.05) is 48.5 Å². The second-order valence-corrected chi connectivity index (χ2v) is 8.90. The van der Waals surface area contributed by atoms with Crippen molar-refractivity contribution in [3.8, 4) is 5.75 Å². The predicted molar refractivity (Wildman–Crippen MR) is 125 cm³/mol. The maximum atomic E-state index is 12.7. The number of alkyl halides is 3. The zero-order valence-corrected chi connectivity index (χ0v) is 19.4. The number of ether oxygens (including phenoxy) is 1. The van der Waals surface area contributed by atoms with Crippen LogP contribution < -0.4 is 10.1 Å². The van der Waals surface area contributed by atoms with Crippen LogP contribution in [-0.4, -0.2) is 36.3 Å². The molecule has 4 rings (SSSR count). The Morgan fingerprint density at radius 3 is 1.94 bits per heavy atom. The minimum atomic E-state index is -4.78. The van der Waals surface area contributed by atoms with Crippen molar-refractivity contribution >= 4 is 29.1 Å². The molecule has 4 nitrogen and oxygen atoms in total. The van der Waals surface area contributed by atoms with Crippen LogP contribution in [0.3, 0.4) is 0 Å². The molecule has 1 atom stereocenters. The second kappa shape index (κ2) is 10.3. The maximum Gasteiger partial charge on any atom is 0.573 e. The van der Waals surface area contributed by atoms with Gasteiger partial charge in [-0.2, -0.15) is 0 Å². The molecule has 3 aromatic carbocycles. The van der Waals surface area contributed by atoms with Gasteiger partial charge in [-0.15, -0.1) is 13.2 Å². The minimum absolute atomic E-state index is 0.0461. The van der Waals surface area contributed by atoms with Crippen LogP contribution in [0.5, 0.6) is 5.75 Å². The van der Waals surface area contributed by atoms with Gasteiger partial charge in [0.15, 0.2) is 0 Å². The first-order chi connectivity index (χ1) is 16.2. The lowest BCUT2D eigenvalue weighted by Gasteiger charge is -2.29. The van der Waals surface area contributed by atoms with Crippen LogP contribution >= 0.6 is 23.2 Å². The fourth-order valence-electron chi connectivity index (χ4n) is 4.12. The largest absolute Gasteiger partial charge is 0.573 e. The Morgan fingerprint density at radius 2 is 1.44 bits per heavy atom. The third kappa shape index (κ3) is 6.23. The Morgan fingerprint density at radius 1 is 0.912 bits per heavy atom. The van der Waals surface area contributed by atoms with Crippen LogP contribution in [-0.2, 0) is 0 Å². The van der Waals surface area contributed by atoms with E-state index in [0.717, 1.165) is 36.2 Å². The van der Waals surface area contributed by atoms with E-state index in [1.54, 1.807) is 0 Å². The molecule has 1 saturated heterocycles. The number of halogens is 5. The van der Waals surface area contributed by atoms with Gasteiger partial charge in [-0.1, -0.05) is 47.5 Å². The molecule has 0 saturated carbocycles. The Bertz CT molecular complexity index is 1080. The Labute approximate surface area is 205 Å². The van der Waals surface area contributed by atoms with Crippen LogP contribution in [0, 0.1) is 0 Å². The van der Waals surface area contributed by atoms with Gasteiger partial charge in [0.25, 0.3) is 5.91 Å². The maximum absolute atomic E-state index is 12.7. The molecule has 1 aliphatic heterocycles. The van der Waals surface area contributed by atoms with E-state index in [4.69, 9.17) is 23.2 Å². The Balaban J connectivity index is 1.45. The first-order valence-electron chi connectivity index (χ1n) is 10.6. The van der Waals surface area contributed by atoms with E-state index < -0.39 is 6.36 Å². The van der Waals surface area contributed by atoms with Gasteiger partial charge in [0, 0.05) is 34.7 Å². The molecule has 0 spiro atoms. The van der Waals surface area contributed by atoms with Crippen LogP contribution in [0.15, 0.2) is 72.8 Å². The summed E-state index contributed by atoms with van der Waals surface area (Å²) in [6.45, 7) is 1.36. The van der Waals surface area contributed by atoms with Gasteiger partial charge in [0.1, 0.15) is 5.75 Å². The zero-order valence-electron chi connectivity index (χ0n) is 17.9. The fourth-order valence-corrected chi connectivity index (χ4v) is 4.37. The molecule has 0 bridgehead atoms. The van der Waals surface area contributed by atoms with E-state index in [9.17, 15) is 18.0 Å². The number of carbonyl (C=O) groups excluding carboxylic acids is 1. The molecule has 0 aliphatic carbocycles. The van der Waals surface area contributed by atoms with Crippen molar-refractivity contribution < 1.29 is 22.7 Å². The zero-order chi connectivity index (χ0) is 24.3. The van der Waals surface area contributed by atoms with E-state index >= 15 is 0 Å². The summed E-state index contributed by atoms with van der Waals surface area (Å²) in [4.78, 5) is 14.9. The second-order valence-electron chi connectivity index (χ2n) is 8.03. The molecule has 1 aliphatic rings. The van der Waals surface area contributed by atoms with Gasteiger partial charge in [0.05, 0.1) is 6.04 Å². The monoisotopic (exact) mass is 508 g/mol. The SMILES string of the molecule is O=C(NC1CCN(C(c2ccc(Cl)cc2)c2ccc(Cl)cc2)C1)c1ccc(OC(F)(F)F)cc1. The number of likely N-dealkylation sites (tertiary alicyclic amines) is 1. The molecule has 1 fully saturated rings. The van der Waals surface area contributed by atoms with Crippen molar-refractivity contribution in [1.29, 1.82) is 0 Å². The summed E-state index contributed by atoms with van der Waals surface area (Å²) in [7, 11) is 0. The Hall–Kier alpha value is -2.74. The van der Waals surface area contributed by atoms with Gasteiger partial charge in [-0.25, -0.2) is 0 Å². The lowest BCUT2D eigenvalue weighted by Crippen LogP contribution is -2.38. The molecule has 1 amide bonds. The van der Waals surface area contributed by atoms with Crippen LogP contribution in [0.25, 0.3) is 0 Å². The highest BCUT2D eigenvalue weighted by atomic mass is 35.5. The fraction of sp³-hybridized carbons (Fsp3) is 0.240. The minimum Gasteiger partial charge on any atom is -0.406 e. The highest BCUT2D eigenvalue weighted by molar-refractivity contribution is 6.30. The summed E-state index contributed by atoms with van der Waals surface area (Å²) >= 11 is 12.2. The molecule has 1 N–H and O–H groups in total. The molecule has 34 heavy (non-hydrogen) atoms. The quantitative estimate of drug-likeness (QED) is 0.413. The van der Waals surface area contributed by atoms with E-state index in [1.165, 1.54) is 12.1 Å². The lowest BCUT2D eigenvalue weighted by molar-refractivity contribution is -0.274. The van der Waals surface area contributed by atoms with Gasteiger partial charge in [-0.05, 0) is 66.1 Å². The van der Waals surface area contributed by atoms with Crippen molar-refractivity contribution in [1.82, 2.24) is 10.2 Å². The Kier molecular flexibility index (Phi) is 7.36. The molecule has 1 unspecified atom stereocenters. The number of rotatable bonds is 6. The van der Waals surface area contributed by atoms with E-state index in [2.05, 4.69) is 15.0 Å². The number of nitrogens with one attached hydrogen (secondary N) is 1. The molecule has 0 aromatic heterocycles. The van der Waals surface area contributed by atoms with Gasteiger partial charge in [-0.3, -0.25) is 9.69 Å². The highest BCUT2D eigenvalue weighted by Crippen LogP contribution is 2.33. The smallest absolute Gasteiger partial charge is 0.406 e. The van der Waals surface area contributed by atoms with E-state index in [-0.39, 0.29) is 29.3 Å². The van der Waals surface area contributed by atoms with Crippen LogP contribution in [0.2, 0.25) is 10.0 Å². The molecule has 3 aromatic rings. The summed E-state index contributed by atoms with van der Waals surface area (Å²) in [5, 5.41) is 4.28. The summed E-state index contributed by atoms with van der Waals surface area (Å²) in [5.74, 6) is -0.718. The first-order valence-corrected chi connectivity index (χ1v) is 11.4. The molecular formula is C25H21Cl2F3N2O2. The van der Waals surface area contributed by atoms with Gasteiger partial charge in [0.2, 0.25) is 0 Å². The standard InChI is InChI=1S/C25H21Cl2F3N2O2/c26-19-7-1-16(2-8-19)23(17-3-9-20(27)10-4-17)32-14-13-21(15-32)31-24(33)18-5-11-22(12-6-18)34-25(28,29)30/h1-12,21,23H,13-15H2,(H,31,33). The summed E-state index contributed by atoms with van der Waals surface area (Å²) < 4.78 is 40.9. The van der Waals surface area contributed by atoms with E-state index in [0.29, 0.717) is 16.6 Å². The van der Waals surface area contributed by atoms with Crippen molar-refractivity contribution in [2.75, 3.05) is 13.1 Å². The molecule has 9 heteroatoms. The third-order valence-corrected chi connectivity index (χ3v) is 6.15. The number of carbonyl (C=O) groups is 1. The first kappa shape index (κ1) is 24.4. The topological polar surface area (TPSA) is 41.6 Å². The molecule has 1 heterocycles. The summed E-state index contributed by atoms with van der Waals surface area (Å²) in [5.41, 5.74) is 2.40. The normalized spacial score (nSPS) is 16.6. The number of hydrogen-bond acceptors (Lipinski definition) is 3. The van der Waals surface area contributed by atoms with Crippen molar-refractivity contribution in [2.24, 2.45) is 0 Å². The van der Waals surface area contributed by atoms with Gasteiger partial charge < -0.3 is 10.1 Å². The van der Waals surface area contributed by atoms with Crippen LogP contribution in [0.1, 0.15) is 33.9 Å². The summed E-state index contributed by atoms with van der Waals surface area (Å²) in [6.07, 6.45) is -4.04. The molecule has 0 radical (unpaired) electrons. The van der Waals surface area contributed by atoms with Crippen molar-refractivity contribution in [3.63, 3.8) is 0 Å². The molecule has 178 valence electrons. The highest BCUT2D eigenvalue weighted by Gasteiger charge is 2.32. The van der Waals surface area contributed by atoms with Crippen LogP contribution in [0.4, 0.5) is 13.2 Å². The third-order valence-electron chi connectivity index (χ3n) is 5.64. The predicted octanol–water partition coefficient (Wildman–Crippen LogP) is 6.49. The average molecular weight is 509 g/mol. The van der Waals surface area contributed by atoms with Gasteiger partial charge >= 0.3 is 6.36 Å². The number of amides is 1. The number of nitrogens with zero attached hydrogens (tertiary/aromatic N) is 1. The number of benzene rings is 3. The molecular weight excluding hydrogens is 488 g/mol. The van der Waals surface area contributed by atoms with Crippen molar-refractivity contribution in [3.05, 3.63) is 99.5 Å². The number of hydrogen-bond donors (Lipinski definition) is 1. The average Bonchev–Trinajstić information content (AvgIpc) is 3.24. The van der Waals surface area contributed by atoms with Crippen molar-refractivity contribution in [2.45, 2.75) is 24.9 Å². The summed E-state index contributed by atoms with van der Waals surface area (Å²) in [6, 6.07) is 20.1. The lowest BCUT2D eigenvalue weighted by atomic mass is 9.97.